The van der Waals surface area contributed by atoms with Crippen molar-refractivity contribution in [3.8, 4) is 5.75 Å². The first-order chi connectivity index (χ1) is 7.23. The maximum absolute atomic E-state index is 13.2. The monoisotopic (exact) mass is 238 g/mol. The van der Waals surface area contributed by atoms with Gasteiger partial charge in [-0.05, 0) is 12.1 Å². The summed E-state index contributed by atoms with van der Waals surface area (Å²) in [4.78, 5) is 0. The largest absolute Gasteiger partial charge is 0.540 e. The fourth-order valence-corrected chi connectivity index (χ4v) is 1.35. The third-order valence-corrected chi connectivity index (χ3v) is 2.01. The summed E-state index contributed by atoms with van der Waals surface area (Å²) >= 11 is 0. The van der Waals surface area contributed by atoms with Gasteiger partial charge in [-0.25, -0.2) is 4.74 Å². The Bertz CT molecular complexity index is 450. The predicted molar refractivity (Wildman–Crippen MR) is 45.8 cm³/mol. The second-order valence-electron chi connectivity index (χ2n) is 3.13. The van der Waals surface area contributed by atoms with Gasteiger partial charge in [-0.2, -0.15) is 8.78 Å². The van der Waals surface area contributed by atoms with Crippen LogP contribution in [0.3, 0.4) is 0 Å². The molecule has 0 fully saturated rings. The summed E-state index contributed by atoms with van der Waals surface area (Å²) < 4.78 is 58.8. The molecule has 1 aliphatic rings. The summed E-state index contributed by atoms with van der Waals surface area (Å²) in [5.74, 6) is -0.757. The van der Waals surface area contributed by atoms with Crippen LogP contribution in [0.25, 0.3) is 0 Å². The summed E-state index contributed by atoms with van der Waals surface area (Å²) in [5, 5.41) is 0. The van der Waals surface area contributed by atoms with Gasteiger partial charge in [0.15, 0.2) is 0 Å². The van der Waals surface area contributed by atoms with Gasteiger partial charge in [-0.1, -0.05) is 0 Å². The Balaban J connectivity index is 2.65. The molecular weight excluding hydrogens is 232 g/mol. The smallest absolute Gasteiger partial charge is 0.409 e. The van der Waals surface area contributed by atoms with E-state index in [2.05, 4.69) is 9.47 Å². The Hall–Kier alpha value is -1.70. The van der Waals surface area contributed by atoms with Crippen LogP contribution in [0.15, 0.2) is 12.1 Å². The van der Waals surface area contributed by atoms with Gasteiger partial charge in [0, 0.05) is 0 Å². The third-order valence-electron chi connectivity index (χ3n) is 2.01. The standard InChI is InChI=1S/C8H6F4N2O2/c9-7(10)5-4(15-8(11,12)16-7)2-1-3(13)6(5)14/h1-2H,13-14H2. The van der Waals surface area contributed by atoms with Gasteiger partial charge in [-0.15, -0.1) is 8.78 Å². The Morgan fingerprint density at radius 2 is 1.69 bits per heavy atom. The molecule has 0 aliphatic carbocycles. The average Bonchev–Trinajstić information content (AvgIpc) is 2.07. The normalized spacial score (nSPS) is 21.0. The van der Waals surface area contributed by atoms with Gasteiger partial charge in [-0.3, -0.25) is 0 Å². The van der Waals surface area contributed by atoms with E-state index in [1.165, 1.54) is 0 Å². The number of benzene rings is 1. The minimum atomic E-state index is -4.40. The molecule has 0 atom stereocenters. The summed E-state index contributed by atoms with van der Waals surface area (Å²) in [6.07, 6.45) is -8.66. The van der Waals surface area contributed by atoms with Crippen LogP contribution in [0.1, 0.15) is 5.56 Å². The van der Waals surface area contributed by atoms with Crippen molar-refractivity contribution in [2.24, 2.45) is 0 Å². The van der Waals surface area contributed by atoms with Crippen molar-refractivity contribution in [1.82, 2.24) is 0 Å². The van der Waals surface area contributed by atoms with E-state index in [1.54, 1.807) is 0 Å². The molecule has 0 aromatic heterocycles. The van der Waals surface area contributed by atoms with Gasteiger partial charge < -0.3 is 16.2 Å². The number of halogens is 4. The number of nitrogen functional groups attached to an aromatic ring is 2. The quantitative estimate of drug-likeness (QED) is 0.534. The van der Waals surface area contributed by atoms with E-state index >= 15 is 0 Å². The molecule has 0 amide bonds. The van der Waals surface area contributed by atoms with Crippen LogP contribution in [0.2, 0.25) is 0 Å². The molecule has 0 spiro atoms. The molecule has 0 radical (unpaired) electrons. The SMILES string of the molecule is Nc1ccc2c(c1N)C(F)(F)OC(F)(F)O2. The van der Waals surface area contributed by atoms with Crippen molar-refractivity contribution >= 4 is 11.4 Å². The van der Waals surface area contributed by atoms with Gasteiger partial charge in [0.1, 0.15) is 11.3 Å². The number of hydrogen-bond acceptors (Lipinski definition) is 4. The molecule has 0 saturated heterocycles. The van der Waals surface area contributed by atoms with E-state index in [9.17, 15) is 17.6 Å². The highest BCUT2D eigenvalue weighted by Crippen LogP contribution is 2.49. The topological polar surface area (TPSA) is 70.5 Å². The van der Waals surface area contributed by atoms with Crippen LogP contribution in [-0.2, 0) is 10.8 Å². The van der Waals surface area contributed by atoms with Crippen molar-refractivity contribution in [2.75, 3.05) is 11.5 Å². The predicted octanol–water partition coefficient (Wildman–Crippen LogP) is 1.86. The van der Waals surface area contributed by atoms with Crippen LogP contribution < -0.4 is 16.2 Å². The number of ether oxygens (including phenoxy) is 2. The molecular formula is C8H6F4N2O2. The number of rotatable bonds is 0. The average molecular weight is 238 g/mol. The maximum atomic E-state index is 13.2. The molecule has 4 nitrogen and oxygen atoms in total. The van der Waals surface area contributed by atoms with Crippen LogP contribution in [0.4, 0.5) is 28.9 Å². The summed E-state index contributed by atoms with van der Waals surface area (Å²) in [6, 6.07) is 1.97. The minimum Gasteiger partial charge on any atom is -0.409 e. The molecule has 0 saturated carbocycles. The van der Waals surface area contributed by atoms with E-state index in [1.807, 2.05) is 0 Å². The zero-order valence-corrected chi connectivity index (χ0v) is 7.64. The molecule has 16 heavy (non-hydrogen) atoms. The van der Waals surface area contributed by atoms with Crippen LogP contribution in [0.5, 0.6) is 5.75 Å². The van der Waals surface area contributed by atoms with Crippen LogP contribution in [0, 0.1) is 0 Å². The highest BCUT2D eigenvalue weighted by molar-refractivity contribution is 5.72. The van der Waals surface area contributed by atoms with E-state index in [-0.39, 0.29) is 5.69 Å². The molecule has 1 aromatic carbocycles. The first kappa shape index (κ1) is 10.8. The number of alkyl halides is 4. The second-order valence-corrected chi connectivity index (χ2v) is 3.13. The summed E-state index contributed by atoms with van der Waals surface area (Å²) in [7, 11) is 0. The fraction of sp³-hybridized carbons (Fsp3) is 0.250. The van der Waals surface area contributed by atoms with Crippen molar-refractivity contribution in [3.63, 3.8) is 0 Å². The Morgan fingerprint density at radius 3 is 2.31 bits per heavy atom. The highest BCUT2D eigenvalue weighted by atomic mass is 19.3. The van der Waals surface area contributed by atoms with Gasteiger partial charge >= 0.3 is 12.4 Å². The third kappa shape index (κ3) is 1.51. The zero-order valence-electron chi connectivity index (χ0n) is 7.64. The molecule has 1 aliphatic heterocycles. The molecule has 88 valence electrons. The lowest BCUT2D eigenvalue weighted by atomic mass is 10.1. The maximum Gasteiger partial charge on any atom is 0.540 e. The van der Waals surface area contributed by atoms with Gasteiger partial charge in [0.05, 0.1) is 11.4 Å². The number of fused-ring (bicyclic) bond motifs is 1. The molecule has 2 rings (SSSR count). The number of anilines is 2. The molecule has 0 bridgehead atoms. The van der Waals surface area contributed by atoms with Gasteiger partial charge in [0.25, 0.3) is 0 Å². The van der Waals surface area contributed by atoms with Gasteiger partial charge in [0.2, 0.25) is 0 Å². The molecule has 0 unspecified atom stereocenters. The molecule has 1 aromatic rings. The molecule has 4 N–H and O–H groups in total. The Kier molecular flexibility index (Phi) is 1.96. The first-order valence-electron chi connectivity index (χ1n) is 4.06. The van der Waals surface area contributed by atoms with Crippen molar-refractivity contribution in [1.29, 1.82) is 0 Å². The lowest BCUT2D eigenvalue weighted by Crippen LogP contribution is -2.41. The zero-order chi connectivity index (χ0) is 12.1. The molecule has 1 heterocycles. The van der Waals surface area contributed by atoms with Crippen LogP contribution >= 0.6 is 0 Å². The van der Waals surface area contributed by atoms with E-state index in [4.69, 9.17) is 11.5 Å². The Labute approximate surface area is 86.7 Å². The summed E-state index contributed by atoms with van der Waals surface area (Å²) in [5.41, 5.74) is 8.83. The Morgan fingerprint density at radius 1 is 1.06 bits per heavy atom. The lowest BCUT2D eigenvalue weighted by Gasteiger charge is -2.31. The molecule has 8 heteroatoms. The highest BCUT2D eigenvalue weighted by Gasteiger charge is 2.55. The number of hydrogen-bond donors (Lipinski definition) is 2. The van der Waals surface area contributed by atoms with E-state index in [0.29, 0.717) is 0 Å². The minimum absolute atomic E-state index is 0.171. The second kappa shape index (κ2) is 2.91. The lowest BCUT2D eigenvalue weighted by molar-refractivity contribution is -0.461. The van der Waals surface area contributed by atoms with Crippen molar-refractivity contribution in [2.45, 2.75) is 12.4 Å². The fourth-order valence-electron chi connectivity index (χ4n) is 1.35. The van der Waals surface area contributed by atoms with Crippen molar-refractivity contribution in [3.05, 3.63) is 17.7 Å². The number of nitrogens with two attached hydrogens (primary N) is 2. The summed E-state index contributed by atoms with van der Waals surface area (Å²) in [6.45, 7) is 0. The van der Waals surface area contributed by atoms with E-state index < -0.39 is 29.4 Å². The first-order valence-corrected chi connectivity index (χ1v) is 4.06. The van der Waals surface area contributed by atoms with E-state index in [0.717, 1.165) is 12.1 Å². The van der Waals surface area contributed by atoms with Crippen LogP contribution in [-0.4, -0.2) is 6.29 Å². The van der Waals surface area contributed by atoms with Crippen molar-refractivity contribution < 1.29 is 27.0 Å².